The largest absolute Gasteiger partial charge is 0.395 e. The van der Waals surface area contributed by atoms with Gasteiger partial charge in [0.05, 0.1) is 17.3 Å². The Balaban J connectivity index is 1.58. The number of piperazine rings is 1. The number of aryl methyl sites for hydroxylation is 1. The van der Waals surface area contributed by atoms with Crippen molar-refractivity contribution >= 4 is 23.0 Å². The first-order valence-electron chi connectivity index (χ1n) is 8.55. The summed E-state index contributed by atoms with van der Waals surface area (Å²) in [4.78, 5) is 13.0. The Kier molecular flexibility index (Phi) is 6.07. The highest BCUT2D eigenvalue weighted by Gasteiger charge is 2.18. The molecular weight excluding hydrogens is 338 g/mol. The fraction of sp³-hybridized carbons (Fsp3) is 0.444. The molecule has 0 spiro atoms. The number of halogens is 1. The summed E-state index contributed by atoms with van der Waals surface area (Å²) < 4.78 is 0. The molecule has 3 rings (SSSR count). The Morgan fingerprint density at radius 3 is 2.52 bits per heavy atom. The lowest BCUT2D eigenvalue weighted by molar-refractivity contribution is 0.189. The molecule has 1 fully saturated rings. The molecular formula is C18H24ClN5O. The van der Waals surface area contributed by atoms with Crippen LogP contribution < -0.4 is 10.2 Å². The van der Waals surface area contributed by atoms with E-state index in [4.69, 9.17) is 16.7 Å². The zero-order chi connectivity index (χ0) is 17.6. The Hall–Kier alpha value is -1.89. The van der Waals surface area contributed by atoms with E-state index in [1.807, 2.05) is 25.4 Å². The lowest BCUT2D eigenvalue weighted by Gasteiger charge is -2.36. The summed E-state index contributed by atoms with van der Waals surface area (Å²) in [5, 5.41) is 13.1. The topological polar surface area (TPSA) is 64.5 Å². The Bertz CT molecular complexity index is 686. The number of nitrogens with one attached hydrogen (secondary N) is 1. The number of benzene rings is 1. The maximum Gasteiger partial charge on any atom is 0.125 e. The van der Waals surface area contributed by atoms with E-state index < -0.39 is 0 Å². The molecule has 0 atom stereocenters. The summed E-state index contributed by atoms with van der Waals surface area (Å²) in [7, 11) is 0. The zero-order valence-corrected chi connectivity index (χ0v) is 15.2. The number of β-amino-alcohol motifs (C(OH)–C–C–N with tert-alkyl or cyclic N) is 1. The predicted molar refractivity (Wildman–Crippen MR) is 101 cm³/mol. The van der Waals surface area contributed by atoms with Crippen molar-refractivity contribution in [3.05, 3.63) is 47.0 Å². The standard InChI is InChI=1S/C18H24ClN5O/c1-14-20-11-15(12-21-14)13-22-16-2-3-18(17(19)10-16)24-6-4-23(5-7-24)8-9-25/h2-3,10-12,22,25H,4-9,13H2,1H3. The van der Waals surface area contributed by atoms with Gasteiger partial charge < -0.3 is 15.3 Å². The first-order chi connectivity index (χ1) is 12.2. The van der Waals surface area contributed by atoms with Crippen molar-refractivity contribution < 1.29 is 5.11 Å². The maximum atomic E-state index is 9.03. The van der Waals surface area contributed by atoms with Crippen LogP contribution in [0.25, 0.3) is 0 Å². The molecule has 2 aromatic rings. The van der Waals surface area contributed by atoms with Gasteiger partial charge in [-0.25, -0.2) is 9.97 Å². The van der Waals surface area contributed by atoms with E-state index in [1.54, 1.807) is 0 Å². The molecule has 0 saturated carbocycles. The lowest BCUT2D eigenvalue weighted by Crippen LogP contribution is -2.47. The number of aliphatic hydroxyl groups is 1. The van der Waals surface area contributed by atoms with E-state index in [9.17, 15) is 0 Å². The fourth-order valence-electron chi connectivity index (χ4n) is 2.94. The molecule has 0 unspecified atom stereocenters. The molecule has 0 aliphatic carbocycles. The van der Waals surface area contributed by atoms with Gasteiger partial charge in [0.1, 0.15) is 5.82 Å². The number of aromatic nitrogens is 2. The van der Waals surface area contributed by atoms with E-state index in [2.05, 4.69) is 37.2 Å². The number of hydrogen-bond acceptors (Lipinski definition) is 6. The van der Waals surface area contributed by atoms with Crippen molar-refractivity contribution in [1.82, 2.24) is 14.9 Å². The average molecular weight is 362 g/mol. The first kappa shape index (κ1) is 17.9. The van der Waals surface area contributed by atoms with Crippen molar-refractivity contribution in [3.8, 4) is 0 Å². The predicted octanol–water partition coefficient (Wildman–Crippen LogP) is 2.16. The third-order valence-electron chi connectivity index (χ3n) is 4.41. The van der Waals surface area contributed by atoms with Crippen LogP contribution in [0.2, 0.25) is 5.02 Å². The van der Waals surface area contributed by atoms with Gasteiger partial charge >= 0.3 is 0 Å². The van der Waals surface area contributed by atoms with Gasteiger partial charge in [0.2, 0.25) is 0 Å². The molecule has 1 aromatic heterocycles. The highest BCUT2D eigenvalue weighted by Crippen LogP contribution is 2.29. The summed E-state index contributed by atoms with van der Waals surface area (Å²) in [6.07, 6.45) is 3.66. The summed E-state index contributed by atoms with van der Waals surface area (Å²) in [6, 6.07) is 6.08. The number of aliphatic hydroxyl groups excluding tert-OH is 1. The molecule has 1 aliphatic heterocycles. The average Bonchev–Trinajstić information content (AvgIpc) is 2.62. The molecule has 1 aromatic carbocycles. The molecule has 1 saturated heterocycles. The Morgan fingerprint density at radius 1 is 1.16 bits per heavy atom. The van der Waals surface area contributed by atoms with Crippen molar-refractivity contribution in [1.29, 1.82) is 0 Å². The van der Waals surface area contributed by atoms with Crippen LogP contribution in [0.4, 0.5) is 11.4 Å². The van der Waals surface area contributed by atoms with E-state index in [1.165, 1.54) is 0 Å². The molecule has 1 aliphatic rings. The van der Waals surface area contributed by atoms with Crippen molar-refractivity contribution in [2.45, 2.75) is 13.5 Å². The van der Waals surface area contributed by atoms with Crippen LogP contribution in [0.3, 0.4) is 0 Å². The summed E-state index contributed by atoms with van der Waals surface area (Å²) in [5.74, 6) is 0.773. The maximum absolute atomic E-state index is 9.03. The van der Waals surface area contributed by atoms with Crippen LogP contribution >= 0.6 is 11.6 Å². The van der Waals surface area contributed by atoms with Crippen molar-refractivity contribution in [2.75, 3.05) is 49.5 Å². The van der Waals surface area contributed by atoms with Gasteiger partial charge in [-0.05, 0) is 25.1 Å². The number of nitrogens with zero attached hydrogens (tertiary/aromatic N) is 4. The van der Waals surface area contributed by atoms with Gasteiger partial charge in [-0.3, -0.25) is 4.90 Å². The van der Waals surface area contributed by atoms with Crippen LogP contribution in [0.1, 0.15) is 11.4 Å². The molecule has 7 heteroatoms. The zero-order valence-electron chi connectivity index (χ0n) is 14.5. The molecule has 0 radical (unpaired) electrons. The molecule has 0 amide bonds. The minimum Gasteiger partial charge on any atom is -0.395 e. The van der Waals surface area contributed by atoms with E-state index >= 15 is 0 Å². The Morgan fingerprint density at radius 2 is 1.88 bits per heavy atom. The van der Waals surface area contributed by atoms with E-state index in [0.29, 0.717) is 6.54 Å². The minimum absolute atomic E-state index is 0.215. The molecule has 0 bridgehead atoms. The number of rotatable bonds is 6. The van der Waals surface area contributed by atoms with Crippen LogP contribution in [-0.4, -0.2) is 59.3 Å². The van der Waals surface area contributed by atoms with Crippen LogP contribution in [-0.2, 0) is 6.54 Å². The third kappa shape index (κ3) is 4.81. The number of anilines is 2. The molecule has 25 heavy (non-hydrogen) atoms. The fourth-order valence-corrected chi connectivity index (χ4v) is 3.24. The number of hydrogen-bond donors (Lipinski definition) is 2. The van der Waals surface area contributed by atoms with Gasteiger partial charge in [0, 0.05) is 62.9 Å². The smallest absolute Gasteiger partial charge is 0.125 e. The van der Waals surface area contributed by atoms with Crippen LogP contribution in [0.15, 0.2) is 30.6 Å². The van der Waals surface area contributed by atoms with Crippen molar-refractivity contribution in [3.63, 3.8) is 0 Å². The van der Waals surface area contributed by atoms with Gasteiger partial charge in [-0.2, -0.15) is 0 Å². The second kappa shape index (κ2) is 8.47. The van der Waals surface area contributed by atoms with E-state index in [-0.39, 0.29) is 6.61 Å². The monoisotopic (exact) mass is 361 g/mol. The second-order valence-corrected chi connectivity index (χ2v) is 6.62. The quantitative estimate of drug-likeness (QED) is 0.822. The summed E-state index contributed by atoms with van der Waals surface area (Å²) >= 11 is 6.50. The van der Waals surface area contributed by atoms with Gasteiger partial charge in [0.15, 0.2) is 0 Å². The van der Waals surface area contributed by atoms with Gasteiger partial charge in [-0.15, -0.1) is 0 Å². The molecule has 134 valence electrons. The van der Waals surface area contributed by atoms with Crippen molar-refractivity contribution in [2.24, 2.45) is 0 Å². The lowest BCUT2D eigenvalue weighted by atomic mass is 10.2. The summed E-state index contributed by atoms with van der Waals surface area (Å²) in [5.41, 5.74) is 3.08. The highest BCUT2D eigenvalue weighted by atomic mass is 35.5. The highest BCUT2D eigenvalue weighted by molar-refractivity contribution is 6.33. The first-order valence-corrected chi connectivity index (χ1v) is 8.92. The van der Waals surface area contributed by atoms with Gasteiger partial charge in [0.25, 0.3) is 0 Å². The SMILES string of the molecule is Cc1ncc(CNc2ccc(N3CCN(CCO)CC3)c(Cl)c2)cn1. The Labute approximate surface area is 153 Å². The van der Waals surface area contributed by atoms with Crippen LogP contribution in [0.5, 0.6) is 0 Å². The van der Waals surface area contributed by atoms with Gasteiger partial charge in [-0.1, -0.05) is 11.6 Å². The van der Waals surface area contributed by atoms with E-state index in [0.717, 1.165) is 60.5 Å². The normalized spacial score (nSPS) is 15.4. The molecule has 6 nitrogen and oxygen atoms in total. The molecule has 2 N–H and O–H groups in total. The molecule has 2 heterocycles. The van der Waals surface area contributed by atoms with Crippen LogP contribution in [0, 0.1) is 6.92 Å². The second-order valence-electron chi connectivity index (χ2n) is 6.21. The third-order valence-corrected chi connectivity index (χ3v) is 4.71. The summed E-state index contributed by atoms with van der Waals surface area (Å²) in [6.45, 7) is 7.24. The minimum atomic E-state index is 0.215.